The molecule has 1 aliphatic heterocycles. The van der Waals surface area contributed by atoms with Crippen LogP contribution in [0.2, 0.25) is 0 Å². The van der Waals surface area contributed by atoms with Gasteiger partial charge in [0.15, 0.2) is 6.61 Å². The largest absolute Gasteiger partial charge is 0.484 e. The van der Waals surface area contributed by atoms with Gasteiger partial charge < -0.3 is 14.8 Å². The zero-order valence-corrected chi connectivity index (χ0v) is 15.7. The molecule has 0 spiro atoms. The Bertz CT molecular complexity index is 697. The first-order chi connectivity index (χ1) is 11.8. The summed E-state index contributed by atoms with van der Waals surface area (Å²) in [5, 5.41) is 2.78. The first-order valence-corrected chi connectivity index (χ1v) is 9.90. The van der Waals surface area contributed by atoms with E-state index in [1.807, 2.05) is 0 Å². The Morgan fingerprint density at radius 1 is 1.40 bits per heavy atom. The van der Waals surface area contributed by atoms with Crippen molar-refractivity contribution in [1.29, 1.82) is 0 Å². The predicted octanol–water partition coefficient (Wildman–Crippen LogP) is 1.36. The summed E-state index contributed by atoms with van der Waals surface area (Å²) in [5.41, 5.74) is 0.651. The second kappa shape index (κ2) is 8.64. The molecule has 1 saturated heterocycles. The molecule has 0 aliphatic carbocycles. The molecule has 1 aromatic carbocycles. The van der Waals surface area contributed by atoms with E-state index in [0.717, 1.165) is 19.4 Å². The molecule has 0 unspecified atom stereocenters. The monoisotopic (exact) mass is 370 g/mol. The summed E-state index contributed by atoms with van der Waals surface area (Å²) >= 11 is 0. The van der Waals surface area contributed by atoms with Gasteiger partial charge in [0.2, 0.25) is 10.0 Å². The molecule has 2 rings (SSSR count). The van der Waals surface area contributed by atoms with Crippen LogP contribution in [0, 0.1) is 6.92 Å². The second-order valence-electron chi connectivity index (χ2n) is 6.43. The maximum absolute atomic E-state index is 12.2. The fourth-order valence-electron chi connectivity index (χ4n) is 2.56. The van der Waals surface area contributed by atoms with Crippen LogP contribution in [-0.2, 0) is 19.6 Å². The maximum atomic E-state index is 12.2. The molecule has 0 aromatic heterocycles. The quantitative estimate of drug-likeness (QED) is 0.721. The summed E-state index contributed by atoms with van der Waals surface area (Å²) in [6.45, 7) is 6.38. The average Bonchev–Trinajstić information content (AvgIpc) is 3.03. The normalized spacial score (nSPS) is 17.7. The molecular weight excluding hydrogens is 344 g/mol. The van der Waals surface area contributed by atoms with Gasteiger partial charge in [0.1, 0.15) is 5.75 Å². The summed E-state index contributed by atoms with van der Waals surface area (Å²) in [6, 6.07) is 4.38. The van der Waals surface area contributed by atoms with Crippen molar-refractivity contribution >= 4 is 15.9 Å². The molecule has 0 saturated carbocycles. The Morgan fingerprint density at radius 2 is 2.16 bits per heavy atom. The second-order valence-corrected chi connectivity index (χ2v) is 8.15. The lowest BCUT2D eigenvalue weighted by Gasteiger charge is -2.14. The molecule has 1 aliphatic rings. The Kier molecular flexibility index (Phi) is 6.80. The molecule has 8 heteroatoms. The molecule has 7 nitrogen and oxygen atoms in total. The maximum Gasteiger partial charge on any atom is 0.258 e. The number of aryl methyl sites for hydroxylation is 1. The average molecular weight is 370 g/mol. The SMILES string of the molecule is Cc1cc(S(=O)(=O)NC(C)C)ccc1OCC(=O)NC[C@H]1CCCO1. The van der Waals surface area contributed by atoms with Crippen LogP contribution >= 0.6 is 0 Å². The van der Waals surface area contributed by atoms with Gasteiger partial charge in [0.05, 0.1) is 11.0 Å². The topological polar surface area (TPSA) is 93.7 Å². The molecule has 0 radical (unpaired) electrons. The highest BCUT2D eigenvalue weighted by Gasteiger charge is 2.18. The fraction of sp³-hybridized carbons (Fsp3) is 0.588. The highest BCUT2D eigenvalue weighted by atomic mass is 32.2. The van der Waals surface area contributed by atoms with Crippen LogP contribution in [0.4, 0.5) is 0 Å². The van der Waals surface area contributed by atoms with Gasteiger partial charge in [-0.2, -0.15) is 0 Å². The summed E-state index contributed by atoms with van der Waals surface area (Å²) in [6.07, 6.45) is 2.07. The van der Waals surface area contributed by atoms with E-state index in [-0.39, 0.29) is 29.6 Å². The third-order valence-electron chi connectivity index (χ3n) is 3.76. The molecule has 1 aromatic rings. The molecule has 1 heterocycles. The van der Waals surface area contributed by atoms with Gasteiger partial charge in [0, 0.05) is 19.2 Å². The lowest BCUT2D eigenvalue weighted by Crippen LogP contribution is -2.35. The number of benzene rings is 1. The van der Waals surface area contributed by atoms with Crippen LogP contribution in [0.15, 0.2) is 23.1 Å². The summed E-state index contributed by atoms with van der Waals surface area (Å²) < 4.78 is 37.8. The van der Waals surface area contributed by atoms with Gasteiger partial charge in [-0.15, -0.1) is 0 Å². The number of nitrogens with one attached hydrogen (secondary N) is 2. The standard InChI is InChI=1S/C17H26N2O5S/c1-12(2)19-25(21,22)15-6-7-16(13(3)9-15)24-11-17(20)18-10-14-5-4-8-23-14/h6-7,9,12,14,19H,4-5,8,10-11H2,1-3H3,(H,18,20)/t14-/m1/s1. The zero-order valence-electron chi connectivity index (χ0n) is 14.9. The van der Waals surface area contributed by atoms with Crippen molar-refractivity contribution in [3.8, 4) is 5.75 Å². The Hall–Kier alpha value is -1.64. The smallest absolute Gasteiger partial charge is 0.258 e. The van der Waals surface area contributed by atoms with Gasteiger partial charge in [0.25, 0.3) is 5.91 Å². The van der Waals surface area contributed by atoms with Gasteiger partial charge in [-0.05, 0) is 57.4 Å². The van der Waals surface area contributed by atoms with Crippen molar-refractivity contribution in [2.45, 2.75) is 50.7 Å². The highest BCUT2D eigenvalue weighted by Crippen LogP contribution is 2.22. The van der Waals surface area contributed by atoms with Crippen molar-refractivity contribution in [1.82, 2.24) is 10.0 Å². The van der Waals surface area contributed by atoms with Crippen molar-refractivity contribution in [2.75, 3.05) is 19.8 Å². The molecule has 25 heavy (non-hydrogen) atoms. The van der Waals surface area contributed by atoms with Crippen LogP contribution in [-0.4, -0.2) is 46.2 Å². The molecule has 1 amide bonds. The van der Waals surface area contributed by atoms with E-state index < -0.39 is 10.0 Å². The van der Waals surface area contributed by atoms with Gasteiger partial charge in [-0.25, -0.2) is 13.1 Å². The third kappa shape index (κ3) is 5.98. The number of sulfonamides is 1. The first kappa shape index (κ1) is 19.7. The van der Waals surface area contributed by atoms with E-state index in [4.69, 9.17) is 9.47 Å². The Balaban J connectivity index is 1.89. The van der Waals surface area contributed by atoms with E-state index in [2.05, 4.69) is 10.0 Å². The number of hydrogen-bond donors (Lipinski definition) is 2. The van der Waals surface area contributed by atoms with E-state index in [1.165, 1.54) is 12.1 Å². The van der Waals surface area contributed by atoms with Crippen molar-refractivity contribution in [3.63, 3.8) is 0 Å². The molecule has 0 bridgehead atoms. The minimum Gasteiger partial charge on any atom is -0.484 e. The van der Waals surface area contributed by atoms with Crippen LogP contribution in [0.25, 0.3) is 0 Å². The van der Waals surface area contributed by atoms with E-state index in [9.17, 15) is 13.2 Å². The predicted molar refractivity (Wildman–Crippen MR) is 94.1 cm³/mol. The van der Waals surface area contributed by atoms with E-state index in [1.54, 1.807) is 26.8 Å². The first-order valence-electron chi connectivity index (χ1n) is 8.42. The third-order valence-corrected chi connectivity index (χ3v) is 5.41. The summed E-state index contributed by atoms with van der Waals surface area (Å²) in [7, 11) is -3.55. The highest BCUT2D eigenvalue weighted by molar-refractivity contribution is 7.89. The van der Waals surface area contributed by atoms with Gasteiger partial charge in [-0.1, -0.05) is 0 Å². The van der Waals surface area contributed by atoms with Gasteiger partial charge in [-0.3, -0.25) is 4.79 Å². The zero-order chi connectivity index (χ0) is 18.4. The minimum absolute atomic E-state index is 0.0867. The molecule has 1 atom stereocenters. The van der Waals surface area contributed by atoms with Crippen LogP contribution in [0.3, 0.4) is 0 Å². The number of amides is 1. The molecule has 2 N–H and O–H groups in total. The van der Waals surface area contributed by atoms with Crippen molar-refractivity contribution in [3.05, 3.63) is 23.8 Å². The molecular formula is C17H26N2O5S. The lowest BCUT2D eigenvalue weighted by molar-refractivity contribution is -0.123. The van der Waals surface area contributed by atoms with Crippen LogP contribution in [0.1, 0.15) is 32.3 Å². The number of carbonyl (C=O) groups is 1. The van der Waals surface area contributed by atoms with Crippen LogP contribution in [0.5, 0.6) is 5.75 Å². The number of ether oxygens (including phenoxy) is 2. The van der Waals surface area contributed by atoms with Gasteiger partial charge >= 0.3 is 0 Å². The van der Waals surface area contributed by atoms with E-state index in [0.29, 0.717) is 17.9 Å². The summed E-state index contributed by atoms with van der Waals surface area (Å²) in [4.78, 5) is 12.0. The summed E-state index contributed by atoms with van der Waals surface area (Å²) in [5.74, 6) is 0.254. The molecule has 140 valence electrons. The Labute approximate surface area is 149 Å². The number of carbonyl (C=O) groups excluding carboxylic acids is 1. The lowest BCUT2D eigenvalue weighted by atomic mass is 10.2. The molecule has 1 fully saturated rings. The fourth-order valence-corrected chi connectivity index (χ4v) is 3.89. The Morgan fingerprint density at radius 3 is 2.76 bits per heavy atom. The van der Waals surface area contributed by atoms with Crippen LogP contribution < -0.4 is 14.8 Å². The van der Waals surface area contributed by atoms with Crippen molar-refractivity contribution < 1.29 is 22.7 Å². The number of hydrogen-bond acceptors (Lipinski definition) is 5. The van der Waals surface area contributed by atoms with Crippen molar-refractivity contribution in [2.24, 2.45) is 0 Å². The number of rotatable bonds is 8. The minimum atomic E-state index is -3.55. The van der Waals surface area contributed by atoms with E-state index >= 15 is 0 Å².